The molecule has 0 radical (unpaired) electrons. The molecule has 1 amide bonds. The van der Waals surface area contributed by atoms with Crippen LogP contribution in [0.2, 0.25) is 5.02 Å². The first-order chi connectivity index (χ1) is 9.60. The molecule has 20 heavy (non-hydrogen) atoms. The summed E-state index contributed by atoms with van der Waals surface area (Å²) in [7, 11) is 1.87. The highest BCUT2D eigenvalue weighted by atomic mass is 35.5. The lowest BCUT2D eigenvalue weighted by atomic mass is 10.1. The van der Waals surface area contributed by atoms with Crippen LogP contribution in [0.4, 0.5) is 5.69 Å². The summed E-state index contributed by atoms with van der Waals surface area (Å²) in [6.45, 7) is 0.770. The highest BCUT2D eigenvalue weighted by Crippen LogP contribution is 2.22. The monoisotopic (exact) mass is 290 g/mol. The van der Waals surface area contributed by atoms with Crippen molar-refractivity contribution >= 4 is 23.2 Å². The smallest absolute Gasteiger partial charge is 0.257 e. The van der Waals surface area contributed by atoms with Crippen molar-refractivity contribution in [3.8, 4) is 5.75 Å². The molecule has 104 valence electrons. The molecule has 0 saturated carbocycles. The Bertz CT molecular complexity index is 612. The lowest BCUT2D eigenvalue weighted by molar-refractivity contribution is 0.102. The van der Waals surface area contributed by atoms with E-state index < -0.39 is 0 Å². The van der Waals surface area contributed by atoms with E-state index in [0.29, 0.717) is 10.7 Å². The number of amides is 1. The zero-order chi connectivity index (χ0) is 14.5. The van der Waals surface area contributed by atoms with Crippen LogP contribution in [-0.4, -0.2) is 18.1 Å². The minimum Gasteiger partial charge on any atom is -0.508 e. The number of rotatable bonds is 4. The predicted octanol–water partition coefficient (Wildman–Crippen LogP) is 3.02. The van der Waals surface area contributed by atoms with Gasteiger partial charge in [-0.15, -0.1) is 0 Å². The fourth-order valence-electron chi connectivity index (χ4n) is 1.80. The second-order valence-electron chi connectivity index (χ2n) is 4.35. The molecule has 0 aromatic heterocycles. The van der Waals surface area contributed by atoms with Gasteiger partial charge < -0.3 is 15.7 Å². The van der Waals surface area contributed by atoms with Gasteiger partial charge >= 0.3 is 0 Å². The summed E-state index contributed by atoms with van der Waals surface area (Å²) in [5.74, 6) is -0.351. The van der Waals surface area contributed by atoms with Crippen LogP contribution in [0.25, 0.3) is 0 Å². The average molecular weight is 291 g/mol. The number of benzene rings is 2. The number of aromatic hydroxyl groups is 1. The van der Waals surface area contributed by atoms with E-state index in [1.807, 2.05) is 31.3 Å². The van der Waals surface area contributed by atoms with Crippen LogP contribution in [0.5, 0.6) is 5.75 Å². The van der Waals surface area contributed by atoms with E-state index in [0.717, 1.165) is 12.1 Å². The van der Waals surface area contributed by atoms with E-state index in [9.17, 15) is 9.90 Å². The third-order valence-corrected chi connectivity index (χ3v) is 3.12. The molecule has 3 N–H and O–H groups in total. The molecule has 0 saturated heterocycles. The Morgan fingerprint density at radius 3 is 2.55 bits per heavy atom. The van der Waals surface area contributed by atoms with Gasteiger partial charge in [0.15, 0.2) is 0 Å². The first kappa shape index (κ1) is 14.4. The molecule has 0 unspecified atom stereocenters. The van der Waals surface area contributed by atoms with Crippen LogP contribution >= 0.6 is 11.6 Å². The number of carbonyl (C=O) groups excluding carboxylic acids is 1. The summed E-state index contributed by atoms with van der Waals surface area (Å²) in [5, 5.41) is 15.5. The molecule has 0 fully saturated rings. The van der Waals surface area contributed by atoms with Gasteiger partial charge in [-0.1, -0.05) is 23.7 Å². The highest BCUT2D eigenvalue weighted by molar-refractivity contribution is 6.34. The predicted molar refractivity (Wildman–Crippen MR) is 80.3 cm³/mol. The van der Waals surface area contributed by atoms with Crippen molar-refractivity contribution in [1.29, 1.82) is 0 Å². The fourth-order valence-corrected chi connectivity index (χ4v) is 2.00. The van der Waals surface area contributed by atoms with Crippen LogP contribution in [0.3, 0.4) is 0 Å². The number of phenols is 1. The fraction of sp³-hybridized carbons (Fsp3) is 0.133. The largest absolute Gasteiger partial charge is 0.508 e. The van der Waals surface area contributed by atoms with Crippen molar-refractivity contribution in [1.82, 2.24) is 5.32 Å². The zero-order valence-corrected chi connectivity index (χ0v) is 11.7. The van der Waals surface area contributed by atoms with Crippen LogP contribution in [-0.2, 0) is 6.54 Å². The van der Waals surface area contributed by atoms with E-state index >= 15 is 0 Å². The number of hydrogen-bond donors (Lipinski definition) is 3. The van der Waals surface area contributed by atoms with Crippen molar-refractivity contribution in [2.24, 2.45) is 0 Å². The summed E-state index contributed by atoms with van der Waals surface area (Å²) in [4.78, 5) is 12.1. The third-order valence-electron chi connectivity index (χ3n) is 2.79. The average Bonchev–Trinajstić information content (AvgIpc) is 2.44. The molecule has 0 spiro atoms. The zero-order valence-electron chi connectivity index (χ0n) is 11.0. The van der Waals surface area contributed by atoms with Gasteiger partial charge in [-0.25, -0.2) is 0 Å². The van der Waals surface area contributed by atoms with Crippen molar-refractivity contribution in [2.75, 3.05) is 12.4 Å². The van der Waals surface area contributed by atoms with Crippen molar-refractivity contribution in [3.63, 3.8) is 0 Å². The van der Waals surface area contributed by atoms with Gasteiger partial charge in [-0.05, 0) is 42.9 Å². The van der Waals surface area contributed by atoms with E-state index in [1.165, 1.54) is 18.2 Å². The number of nitrogens with one attached hydrogen (secondary N) is 2. The maximum absolute atomic E-state index is 12.1. The summed E-state index contributed by atoms with van der Waals surface area (Å²) < 4.78 is 0. The Morgan fingerprint density at radius 1 is 1.20 bits per heavy atom. The molecule has 0 bridgehead atoms. The van der Waals surface area contributed by atoms with E-state index in [2.05, 4.69) is 10.6 Å². The summed E-state index contributed by atoms with van der Waals surface area (Å²) in [5.41, 5.74) is 2.04. The van der Waals surface area contributed by atoms with E-state index in [4.69, 9.17) is 11.6 Å². The van der Waals surface area contributed by atoms with Gasteiger partial charge in [-0.2, -0.15) is 0 Å². The molecule has 5 heteroatoms. The molecular formula is C15H15ClN2O2. The Balaban J connectivity index is 2.13. The van der Waals surface area contributed by atoms with E-state index in [1.54, 1.807) is 0 Å². The number of anilines is 1. The number of hydrogen-bond acceptors (Lipinski definition) is 3. The minimum atomic E-state index is -0.354. The van der Waals surface area contributed by atoms with Gasteiger partial charge in [0, 0.05) is 12.2 Å². The van der Waals surface area contributed by atoms with Gasteiger partial charge in [0.25, 0.3) is 5.91 Å². The number of carbonyl (C=O) groups is 1. The Hall–Kier alpha value is -2.04. The maximum atomic E-state index is 12.1. The second-order valence-corrected chi connectivity index (χ2v) is 4.75. The molecule has 2 aromatic rings. The van der Waals surface area contributed by atoms with Crippen LogP contribution in [0.15, 0.2) is 42.5 Å². The van der Waals surface area contributed by atoms with Gasteiger partial charge in [0.1, 0.15) is 5.75 Å². The first-order valence-electron chi connectivity index (χ1n) is 6.13. The molecule has 2 rings (SSSR count). The topological polar surface area (TPSA) is 61.4 Å². The molecule has 2 aromatic carbocycles. The quantitative estimate of drug-likeness (QED) is 0.811. The minimum absolute atomic E-state index is 0.00363. The normalized spacial score (nSPS) is 10.3. The molecule has 0 aliphatic carbocycles. The van der Waals surface area contributed by atoms with Gasteiger partial charge in [-0.3, -0.25) is 4.79 Å². The SMILES string of the molecule is CNCc1ccc(NC(=O)c2cc(O)ccc2Cl)cc1. The maximum Gasteiger partial charge on any atom is 0.257 e. The second kappa shape index (κ2) is 6.41. The standard InChI is InChI=1S/C15H15ClN2O2/c1-17-9-10-2-4-11(5-3-10)18-15(20)13-8-12(19)6-7-14(13)16/h2-8,17,19H,9H2,1H3,(H,18,20). The van der Waals surface area contributed by atoms with Crippen molar-refractivity contribution in [3.05, 3.63) is 58.6 Å². The van der Waals surface area contributed by atoms with Crippen molar-refractivity contribution < 1.29 is 9.90 Å². The molecule has 0 atom stereocenters. The number of phenolic OH excluding ortho intramolecular Hbond substituents is 1. The van der Waals surface area contributed by atoms with Crippen LogP contribution in [0.1, 0.15) is 15.9 Å². The van der Waals surface area contributed by atoms with Gasteiger partial charge in [0.2, 0.25) is 0 Å². The van der Waals surface area contributed by atoms with Gasteiger partial charge in [0.05, 0.1) is 10.6 Å². The first-order valence-corrected chi connectivity index (χ1v) is 6.51. The summed E-state index contributed by atoms with van der Waals surface area (Å²) >= 11 is 5.94. The molecule has 0 aliphatic rings. The lowest BCUT2D eigenvalue weighted by Crippen LogP contribution is -2.12. The Kier molecular flexibility index (Phi) is 4.61. The summed E-state index contributed by atoms with van der Waals surface area (Å²) in [6, 6.07) is 11.8. The molecule has 0 heterocycles. The Morgan fingerprint density at radius 2 is 1.90 bits per heavy atom. The molecule has 4 nitrogen and oxygen atoms in total. The number of halogens is 1. The van der Waals surface area contributed by atoms with Crippen molar-refractivity contribution in [2.45, 2.75) is 6.54 Å². The third kappa shape index (κ3) is 3.50. The Labute approximate surface area is 122 Å². The van der Waals surface area contributed by atoms with E-state index in [-0.39, 0.29) is 17.2 Å². The highest BCUT2D eigenvalue weighted by Gasteiger charge is 2.11. The lowest BCUT2D eigenvalue weighted by Gasteiger charge is -2.08. The van der Waals surface area contributed by atoms with Crippen LogP contribution in [0, 0.1) is 0 Å². The summed E-state index contributed by atoms with van der Waals surface area (Å²) in [6.07, 6.45) is 0. The molecule has 0 aliphatic heterocycles. The van der Waals surface area contributed by atoms with Crippen LogP contribution < -0.4 is 10.6 Å². The molecular weight excluding hydrogens is 276 g/mol.